The largest absolute Gasteiger partial charge is 0.323 e. The molecule has 0 bridgehead atoms. The van der Waals surface area contributed by atoms with Crippen molar-refractivity contribution in [1.29, 1.82) is 0 Å². The van der Waals surface area contributed by atoms with Gasteiger partial charge in [-0.25, -0.2) is 4.68 Å². The van der Waals surface area contributed by atoms with Crippen molar-refractivity contribution in [1.82, 2.24) is 9.78 Å². The summed E-state index contributed by atoms with van der Waals surface area (Å²) in [6.45, 7) is 1.60. The first kappa shape index (κ1) is 22.9. The zero-order valence-electron chi connectivity index (χ0n) is 18.3. The Balaban J connectivity index is 1.68. The molecule has 7 nitrogen and oxygen atoms in total. The van der Waals surface area contributed by atoms with Crippen LogP contribution >= 0.6 is 11.6 Å². The predicted molar refractivity (Wildman–Crippen MR) is 133 cm³/mol. The summed E-state index contributed by atoms with van der Waals surface area (Å²) in [5, 5.41) is 10.1. The lowest BCUT2D eigenvalue weighted by Crippen LogP contribution is -2.32. The van der Waals surface area contributed by atoms with Crippen molar-refractivity contribution in [2.75, 3.05) is 10.6 Å². The Morgan fingerprint density at radius 2 is 1.56 bits per heavy atom. The summed E-state index contributed by atoms with van der Waals surface area (Å²) in [7, 11) is 0. The summed E-state index contributed by atoms with van der Waals surface area (Å²) in [6, 6.07) is 24.4. The number of nitrogens with zero attached hydrogens (tertiary/aromatic N) is 2. The average molecular weight is 473 g/mol. The van der Waals surface area contributed by atoms with Crippen LogP contribution in [0.15, 0.2) is 89.7 Å². The number of halogens is 1. The second-order valence-corrected chi connectivity index (χ2v) is 8.03. The molecule has 0 radical (unpaired) electrons. The molecule has 1 heterocycles. The minimum atomic E-state index is -0.602. The zero-order valence-corrected chi connectivity index (χ0v) is 19.0. The number of amides is 2. The molecular weight excluding hydrogens is 452 g/mol. The van der Waals surface area contributed by atoms with E-state index in [4.69, 9.17) is 11.6 Å². The van der Waals surface area contributed by atoms with Crippen molar-refractivity contribution < 1.29 is 9.59 Å². The Labute approximate surface area is 201 Å². The minimum Gasteiger partial charge on any atom is -0.323 e. The molecule has 8 heteroatoms. The molecule has 2 N–H and O–H groups in total. The smallest absolute Gasteiger partial charge is 0.291 e. The maximum Gasteiger partial charge on any atom is 0.291 e. The summed E-state index contributed by atoms with van der Waals surface area (Å²) in [6.07, 6.45) is 0. The van der Waals surface area contributed by atoms with E-state index in [2.05, 4.69) is 15.7 Å². The third kappa shape index (κ3) is 5.39. The van der Waals surface area contributed by atoms with Gasteiger partial charge in [-0.2, -0.15) is 5.10 Å². The van der Waals surface area contributed by atoms with E-state index < -0.39 is 17.4 Å². The van der Waals surface area contributed by atoms with Gasteiger partial charge in [0.25, 0.3) is 11.5 Å². The van der Waals surface area contributed by atoms with Gasteiger partial charge in [0.1, 0.15) is 12.2 Å². The van der Waals surface area contributed by atoms with Crippen LogP contribution in [-0.4, -0.2) is 21.6 Å². The molecule has 4 rings (SSSR count). The van der Waals surface area contributed by atoms with E-state index in [1.165, 1.54) is 6.07 Å². The number of hydrogen-bond donors (Lipinski definition) is 2. The van der Waals surface area contributed by atoms with Crippen LogP contribution < -0.4 is 16.2 Å². The molecule has 0 unspecified atom stereocenters. The number of rotatable bonds is 6. The molecule has 0 aliphatic carbocycles. The number of nitrogens with one attached hydrogen (secondary N) is 2. The number of para-hydroxylation sites is 1. The fourth-order valence-electron chi connectivity index (χ4n) is 3.28. The van der Waals surface area contributed by atoms with Crippen molar-refractivity contribution in [2.24, 2.45) is 0 Å². The maximum absolute atomic E-state index is 13.1. The van der Waals surface area contributed by atoms with Crippen LogP contribution in [0, 0.1) is 6.92 Å². The fraction of sp³-hybridized carbons (Fsp3) is 0.0769. The Kier molecular flexibility index (Phi) is 6.85. The average Bonchev–Trinajstić information content (AvgIpc) is 2.84. The molecule has 0 saturated heterocycles. The van der Waals surface area contributed by atoms with E-state index in [1.54, 1.807) is 54.6 Å². The van der Waals surface area contributed by atoms with Crippen LogP contribution in [-0.2, 0) is 11.3 Å². The van der Waals surface area contributed by atoms with Gasteiger partial charge >= 0.3 is 0 Å². The van der Waals surface area contributed by atoms with E-state index in [9.17, 15) is 14.4 Å². The van der Waals surface area contributed by atoms with Gasteiger partial charge in [-0.15, -0.1) is 0 Å². The molecule has 2 amide bonds. The molecule has 0 spiro atoms. The van der Waals surface area contributed by atoms with Crippen LogP contribution in [0.1, 0.15) is 15.9 Å². The molecule has 1 aromatic heterocycles. The van der Waals surface area contributed by atoms with Gasteiger partial charge in [0.2, 0.25) is 5.91 Å². The fourth-order valence-corrected chi connectivity index (χ4v) is 3.46. The Morgan fingerprint density at radius 1 is 0.882 bits per heavy atom. The molecule has 0 atom stereocenters. The number of aryl methyl sites for hydroxylation is 1. The van der Waals surface area contributed by atoms with Gasteiger partial charge in [0.15, 0.2) is 0 Å². The second kappa shape index (κ2) is 10.1. The number of carbonyl (C=O) groups excluding carboxylic acids is 2. The van der Waals surface area contributed by atoms with Gasteiger partial charge in [-0.3, -0.25) is 14.4 Å². The lowest BCUT2D eigenvalue weighted by molar-refractivity contribution is -0.117. The monoisotopic (exact) mass is 472 g/mol. The standard InChI is InChI=1S/C26H21ClN4O3/c1-17-11-13-18(14-12-17)22-15-23(29-25(33)19-7-3-2-4-8-19)26(34)31(30-22)16-24(32)28-21-10-6-5-9-20(21)27/h2-15H,16H2,1H3,(H,28,32)(H,29,33). The molecule has 0 saturated carbocycles. The number of anilines is 2. The number of carbonyl (C=O) groups is 2. The third-order valence-corrected chi connectivity index (χ3v) is 5.38. The van der Waals surface area contributed by atoms with Crippen LogP contribution in [0.3, 0.4) is 0 Å². The highest BCUT2D eigenvalue weighted by atomic mass is 35.5. The summed E-state index contributed by atoms with van der Waals surface area (Å²) in [4.78, 5) is 38.5. The van der Waals surface area contributed by atoms with E-state index in [1.807, 2.05) is 31.2 Å². The molecular formula is C26H21ClN4O3. The molecule has 4 aromatic rings. The Bertz CT molecular complexity index is 1400. The second-order valence-electron chi connectivity index (χ2n) is 7.62. The van der Waals surface area contributed by atoms with Crippen molar-refractivity contribution in [3.05, 3.63) is 111 Å². The first-order chi connectivity index (χ1) is 16.4. The molecule has 3 aromatic carbocycles. The quantitative estimate of drug-likeness (QED) is 0.423. The van der Waals surface area contributed by atoms with Crippen molar-refractivity contribution in [3.8, 4) is 11.3 Å². The lowest BCUT2D eigenvalue weighted by atomic mass is 10.1. The summed E-state index contributed by atoms with van der Waals surface area (Å²) >= 11 is 6.11. The van der Waals surface area contributed by atoms with Gasteiger partial charge in [0, 0.05) is 11.1 Å². The highest BCUT2D eigenvalue weighted by Crippen LogP contribution is 2.21. The first-order valence-electron chi connectivity index (χ1n) is 10.5. The number of benzene rings is 3. The summed E-state index contributed by atoms with van der Waals surface area (Å²) < 4.78 is 1.03. The summed E-state index contributed by atoms with van der Waals surface area (Å²) in [5.74, 6) is -0.921. The first-order valence-corrected chi connectivity index (χ1v) is 10.9. The normalized spacial score (nSPS) is 10.5. The van der Waals surface area contributed by atoms with Gasteiger partial charge in [-0.05, 0) is 37.3 Å². The number of hydrogen-bond acceptors (Lipinski definition) is 4. The maximum atomic E-state index is 13.1. The molecule has 0 fully saturated rings. The van der Waals surface area contributed by atoms with Crippen LogP contribution in [0.5, 0.6) is 0 Å². The third-order valence-electron chi connectivity index (χ3n) is 5.05. The van der Waals surface area contributed by atoms with E-state index in [0.29, 0.717) is 22.0 Å². The van der Waals surface area contributed by atoms with Crippen LogP contribution in [0.25, 0.3) is 11.3 Å². The molecule has 34 heavy (non-hydrogen) atoms. The van der Waals surface area contributed by atoms with E-state index >= 15 is 0 Å². The van der Waals surface area contributed by atoms with Gasteiger partial charge in [0.05, 0.1) is 16.4 Å². The number of aromatic nitrogens is 2. The van der Waals surface area contributed by atoms with E-state index in [-0.39, 0.29) is 12.2 Å². The van der Waals surface area contributed by atoms with Crippen LogP contribution in [0.2, 0.25) is 5.02 Å². The zero-order chi connectivity index (χ0) is 24.1. The van der Waals surface area contributed by atoms with E-state index in [0.717, 1.165) is 15.8 Å². The van der Waals surface area contributed by atoms with Crippen LogP contribution in [0.4, 0.5) is 11.4 Å². The Hall–Kier alpha value is -4.23. The molecule has 170 valence electrons. The lowest BCUT2D eigenvalue weighted by Gasteiger charge is -2.13. The predicted octanol–water partition coefficient (Wildman–Crippen LogP) is 4.76. The van der Waals surface area contributed by atoms with Crippen molar-refractivity contribution >= 4 is 34.8 Å². The molecule has 0 aliphatic heterocycles. The minimum absolute atomic E-state index is 0.0185. The summed E-state index contributed by atoms with van der Waals surface area (Å²) in [5.41, 5.74) is 2.48. The highest BCUT2D eigenvalue weighted by molar-refractivity contribution is 6.33. The molecule has 0 aliphatic rings. The SMILES string of the molecule is Cc1ccc(-c2cc(NC(=O)c3ccccc3)c(=O)n(CC(=O)Nc3ccccc3Cl)n2)cc1. The highest BCUT2D eigenvalue weighted by Gasteiger charge is 2.16. The van der Waals surface area contributed by atoms with Crippen molar-refractivity contribution in [3.63, 3.8) is 0 Å². The van der Waals surface area contributed by atoms with Gasteiger partial charge in [-0.1, -0.05) is 71.8 Å². The Morgan fingerprint density at radius 3 is 2.26 bits per heavy atom. The van der Waals surface area contributed by atoms with Gasteiger partial charge < -0.3 is 10.6 Å². The topological polar surface area (TPSA) is 93.1 Å². The van der Waals surface area contributed by atoms with Crippen molar-refractivity contribution in [2.45, 2.75) is 13.5 Å².